The molecular formula is C11H23NO. The summed E-state index contributed by atoms with van der Waals surface area (Å²) in [6.07, 6.45) is 6.59. The van der Waals surface area contributed by atoms with E-state index < -0.39 is 0 Å². The lowest BCUT2D eigenvalue weighted by molar-refractivity contribution is 0.0549. The van der Waals surface area contributed by atoms with Crippen molar-refractivity contribution in [3.8, 4) is 0 Å². The van der Waals surface area contributed by atoms with E-state index >= 15 is 0 Å². The fourth-order valence-electron chi connectivity index (χ4n) is 1.77. The smallest absolute Gasteiger partial charge is 0.0506 e. The molecule has 0 aromatic carbocycles. The van der Waals surface area contributed by atoms with Crippen molar-refractivity contribution in [1.82, 2.24) is 5.32 Å². The van der Waals surface area contributed by atoms with Gasteiger partial charge in [-0.2, -0.15) is 0 Å². The predicted octanol–water partition coefficient (Wildman–Crippen LogP) is 2.19. The summed E-state index contributed by atoms with van der Waals surface area (Å²) in [6.45, 7) is 6.54. The average Bonchev–Trinajstić information content (AvgIpc) is 2.19. The van der Waals surface area contributed by atoms with Gasteiger partial charge in [-0.25, -0.2) is 0 Å². The number of rotatable bonds is 6. The molecule has 1 atom stereocenters. The van der Waals surface area contributed by atoms with E-state index in [9.17, 15) is 0 Å². The molecular weight excluding hydrogens is 162 g/mol. The molecule has 0 spiro atoms. The van der Waals surface area contributed by atoms with Crippen LogP contribution in [0.1, 0.15) is 39.0 Å². The first kappa shape index (κ1) is 11.0. The second-order valence-corrected chi connectivity index (χ2v) is 3.99. The van der Waals surface area contributed by atoms with E-state index in [2.05, 4.69) is 12.2 Å². The third-order valence-corrected chi connectivity index (χ3v) is 2.64. The number of hydrogen-bond donors (Lipinski definition) is 1. The van der Waals surface area contributed by atoms with Crippen LogP contribution in [0.5, 0.6) is 0 Å². The Morgan fingerprint density at radius 3 is 3.00 bits per heavy atom. The summed E-state index contributed by atoms with van der Waals surface area (Å²) >= 11 is 0. The number of unbranched alkanes of at least 4 members (excludes halogenated alkanes) is 2. The van der Waals surface area contributed by atoms with Gasteiger partial charge in [-0.3, -0.25) is 0 Å². The zero-order valence-corrected chi connectivity index (χ0v) is 8.85. The monoisotopic (exact) mass is 185 g/mol. The molecule has 1 N–H and O–H groups in total. The molecule has 78 valence electrons. The summed E-state index contributed by atoms with van der Waals surface area (Å²) in [5.41, 5.74) is 0. The zero-order valence-electron chi connectivity index (χ0n) is 8.85. The maximum absolute atomic E-state index is 5.42. The largest absolute Gasteiger partial charge is 0.381 e. The summed E-state index contributed by atoms with van der Waals surface area (Å²) in [6, 6.07) is 0. The van der Waals surface area contributed by atoms with Gasteiger partial charge in [0.1, 0.15) is 0 Å². The molecule has 0 radical (unpaired) electrons. The lowest BCUT2D eigenvalue weighted by atomic mass is 10.0. The Morgan fingerprint density at radius 2 is 2.31 bits per heavy atom. The van der Waals surface area contributed by atoms with Crippen LogP contribution in [0.2, 0.25) is 0 Å². The van der Waals surface area contributed by atoms with Gasteiger partial charge in [0.2, 0.25) is 0 Å². The molecule has 1 heterocycles. The minimum Gasteiger partial charge on any atom is -0.381 e. The van der Waals surface area contributed by atoms with Gasteiger partial charge in [-0.15, -0.1) is 0 Å². The second-order valence-electron chi connectivity index (χ2n) is 3.99. The standard InChI is InChI=1S/C11H23NO/c1-2-3-4-7-12-9-11-6-5-8-13-10-11/h11-12H,2-10H2,1H3. The van der Waals surface area contributed by atoms with Crippen LogP contribution in [0.25, 0.3) is 0 Å². The van der Waals surface area contributed by atoms with Gasteiger partial charge in [-0.05, 0) is 31.7 Å². The van der Waals surface area contributed by atoms with Crippen LogP contribution in [0.15, 0.2) is 0 Å². The van der Waals surface area contributed by atoms with Gasteiger partial charge in [0.15, 0.2) is 0 Å². The molecule has 0 bridgehead atoms. The van der Waals surface area contributed by atoms with Crippen molar-refractivity contribution in [2.24, 2.45) is 5.92 Å². The van der Waals surface area contributed by atoms with Crippen molar-refractivity contribution >= 4 is 0 Å². The summed E-state index contributed by atoms with van der Waals surface area (Å²) < 4.78 is 5.42. The highest BCUT2D eigenvalue weighted by atomic mass is 16.5. The molecule has 0 aliphatic carbocycles. The Balaban J connectivity index is 1.86. The molecule has 0 amide bonds. The summed E-state index contributed by atoms with van der Waals surface area (Å²) in [5, 5.41) is 3.51. The molecule has 0 aromatic heterocycles. The van der Waals surface area contributed by atoms with Crippen LogP contribution >= 0.6 is 0 Å². The van der Waals surface area contributed by atoms with Crippen LogP contribution in [-0.4, -0.2) is 26.3 Å². The SMILES string of the molecule is CCCCCNCC1CCCOC1. The van der Waals surface area contributed by atoms with Gasteiger partial charge < -0.3 is 10.1 Å². The Hall–Kier alpha value is -0.0800. The van der Waals surface area contributed by atoms with Gasteiger partial charge in [0.25, 0.3) is 0 Å². The van der Waals surface area contributed by atoms with Gasteiger partial charge in [0.05, 0.1) is 6.61 Å². The maximum atomic E-state index is 5.42. The van der Waals surface area contributed by atoms with E-state index in [1.54, 1.807) is 0 Å². The van der Waals surface area contributed by atoms with Gasteiger partial charge in [-0.1, -0.05) is 19.8 Å². The minimum atomic E-state index is 0.773. The fourth-order valence-corrected chi connectivity index (χ4v) is 1.77. The highest BCUT2D eigenvalue weighted by molar-refractivity contribution is 4.65. The summed E-state index contributed by atoms with van der Waals surface area (Å²) in [5.74, 6) is 0.773. The number of nitrogens with one attached hydrogen (secondary N) is 1. The van der Waals surface area contributed by atoms with Crippen molar-refractivity contribution in [1.29, 1.82) is 0 Å². The molecule has 1 aliphatic rings. The van der Waals surface area contributed by atoms with Crippen LogP contribution in [0, 0.1) is 5.92 Å². The first-order chi connectivity index (χ1) is 6.43. The number of hydrogen-bond acceptors (Lipinski definition) is 2. The third kappa shape index (κ3) is 5.27. The van der Waals surface area contributed by atoms with Crippen LogP contribution in [0.4, 0.5) is 0 Å². The van der Waals surface area contributed by atoms with E-state index in [0.717, 1.165) is 25.7 Å². The predicted molar refractivity (Wildman–Crippen MR) is 55.9 cm³/mol. The molecule has 1 rings (SSSR count). The van der Waals surface area contributed by atoms with E-state index in [-0.39, 0.29) is 0 Å². The normalized spacial score (nSPS) is 23.3. The maximum Gasteiger partial charge on any atom is 0.0506 e. The van der Waals surface area contributed by atoms with Crippen LogP contribution in [-0.2, 0) is 4.74 Å². The second kappa shape index (κ2) is 7.34. The minimum absolute atomic E-state index is 0.773. The van der Waals surface area contributed by atoms with Crippen molar-refractivity contribution in [3.05, 3.63) is 0 Å². The van der Waals surface area contributed by atoms with Crippen LogP contribution < -0.4 is 5.32 Å². The molecule has 0 aromatic rings. The quantitative estimate of drug-likeness (QED) is 0.640. The molecule has 2 nitrogen and oxygen atoms in total. The Bertz CT molecular complexity index is 111. The zero-order chi connectivity index (χ0) is 9.36. The molecule has 1 saturated heterocycles. The van der Waals surface area contributed by atoms with Crippen molar-refractivity contribution < 1.29 is 4.74 Å². The molecule has 1 aliphatic heterocycles. The summed E-state index contributed by atoms with van der Waals surface area (Å²) in [7, 11) is 0. The first-order valence-electron chi connectivity index (χ1n) is 5.72. The Morgan fingerprint density at radius 1 is 1.38 bits per heavy atom. The number of ether oxygens (including phenoxy) is 1. The van der Waals surface area contributed by atoms with Gasteiger partial charge >= 0.3 is 0 Å². The summed E-state index contributed by atoms with van der Waals surface area (Å²) in [4.78, 5) is 0. The van der Waals surface area contributed by atoms with E-state index in [0.29, 0.717) is 0 Å². The average molecular weight is 185 g/mol. The van der Waals surface area contributed by atoms with Crippen molar-refractivity contribution in [2.45, 2.75) is 39.0 Å². The van der Waals surface area contributed by atoms with Crippen LogP contribution in [0.3, 0.4) is 0 Å². The third-order valence-electron chi connectivity index (χ3n) is 2.64. The Labute approximate surface area is 82.0 Å². The molecule has 1 unspecified atom stereocenters. The van der Waals surface area contributed by atoms with E-state index in [1.165, 1.54) is 38.6 Å². The van der Waals surface area contributed by atoms with Gasteiger partial charge in [0, 0.05) is 13.2 Å². The van der Waals surface area contributed by atoms with Crippen molar-refractivity contribution in [3.63, 3.8) is 0 Å². The molecule has 13 heavy (non-hydrogen) atoms. The van der Waals surface area contributed by atoms with Crippen molar-refractivity contribution in [2.75, 3.05) is 26.3 Å². The first-order valence-corrected chi connectivity index (χ1v) is 5.72. The Kier molecular flexibility index (Phi) is 6.21. The van der Waals surface area contributed by atoms with E-state index in [1.807, 2.05) is 0 Å². The lowest BCUT2D eigenvalue weighted by Gasteiger charge is -2.22. The lowest BCUT2D eigenvalue weighted by Crippen LogP contribution is -2.29. The molecule has 2 heteroatoms. The van der Waals surface area contributed by atoms with E-state index in [4.69, 9.17) is 4.74 Å². The molecule has 0 saturated carbocycles. The highest BCUT2D eigenvalue weighted by Crippen LogP contribution is 2.11. The molecule has 1 fully saturated rings. The highest BCUT2D eigenvalue weighted by Gasteiger charge is 2.12. The topological polar surface area (TPSA) is 21.3 Å². The fraction of sp³-hybridized carbons (Fsp3) is 1.00.